The molecule has 1 amide bonds. The first-order chi connectivity index (χ1) is 13.3. The normalized spacial score (nSPS) is 29.3. The van der Waals surface area contributed by atoms with Gasteiger partial charge in [-0.15, -0.1) is 0 Å². The van der Waals surface area contributed by atoms with Gasteiger partial charge in [-0.2, -0.15) is 0 Å². The lowest BCUT2D eigenvalue weighted by molar-refractivity contribution is -0.148. The number of rotatable bonds is 3. The number of hydrogen-bond donors (Lipinski definition) is 0. The molecular weight excluding hydrogens is 334 g/mol. The first-order valence-electron chi connectivity index (χ1n) is 11.2. The molecule has 2 saturated heterocycles. The summed E-state index contributed by atoms with van der Waals surface area (Å²) < 4.78 is 0. The molecule has 0 N–H and O–H groups in total. The fraction of sp³-hybridized carbons (Fsp3) is 0.739. The van der Waals surface area contributed by atoms with Gasteiger partial charge in [-0.3, -0.25) is 14.7 Å². The summed E-state index contributed by atoms with van der Waals surface area (Å²) in [4.78, 5) is 21.8. The van der Waals surface area contributed by atoms with Crippen molar-refractivity contribution < 1.29 is 4.79 Å². The van der Waals surface area contributed by atoms with Crippen LogP contribution in [0.1, 0.15) is 75.8 Å². The topological polar surface area (TPSA) is 36.4 Å². The minimum Gasteiger partial charge on any atom is -0.342 e. The van der Waals surface area contributed by atoms with Gasteiger partial charge in [-0.25, -0.2) is 0 Å². The molecule has 146 valence electrons. The van der Waals surface area contributed by atoms with Crippen LogP contribution in [0, 0.1) is 11.3 Å². The lowest BCUT2D eigenvalue weighted by Crippen LogP contribution is -2.64. The standard InChI is InChI=1S/C23H33N3O/c27-22(19-5-4-6-19)25-15-9-20(10-16-25)26-17-23(11-2-1-3-12-23)21(26)18-7-13-24-14-8-18/h7-8,13-14,19-21H,1-6,9-12,15-17H2. The van der Waals surface area contributed by atoms with Gasteiger partial charge in [0.05, 0.1) is 0 Å². The smallest absolute Gasteiger partial charge is 0.225 e. The predicted molar refractivity (Wildman–Crippen MR) is 106 cm³/mol. The Labute approximate surface area is 163 Å². The number of pyridine rings is 1. The lowest BCUT2D eigenvalue weighted by atomic mass is 9.60. The molecule has 2 saturated carbocycles. The number of hydrogen-bond acceptors (Lipinski definition) is 3. The lowest BCUT2D eigenvalue weighted by Gasteiger charge is -2.63. The van der Waals surface area contributed by atoms with E-state index in [-0.39, 0.29) is 0 Å². The van der Waals surface area contributed by atoms with Gasteiger partial charge in [-0.05, 0) is 56.2 Å². The molecule has 4 heteroatoms. The van der Waals surface area contributed by atoms with E-state index in [9.17, 15) is 4.79 Å². The molecule has 2 aliphatic heterocycles. The summed E-state index contributed by atoms with van der Waals surface area (Å²) in [5.41, 5.74) is 1.96. The molecule has 2 aliphatic carbocycles. The highest BCUT2D eigenvalue weighted by molar-refractivity contribution is 5.79. The molecule has 4 nitrogen and oxygen atoms in total. The zero-order valence-corrected chi connectivity index (χ0v) is 16.5. The first kappa shape index (κ1) is 17.7. The van der Waals surface area contributed by atoms with Gasteiger partial charge in [-0.1, -0.05) is 25.7 Å². The molecule has 0 bridgehead atoms. The Morgan fingerprint density at radius 2 is 1.67 bits per heavy atom. The van der Waals surface area contributed by atoms with Crippen LogP contribution in [-0.2, 0) is 4.79 Å². The maximum absolute atomic E-state index is 12.6. The third kappa shape index (κ3) is 3.10. The minimum absolute atomic E-state index is 0.348. The monoisotopic (exact) mass is 367 g/mol. The van der Waals surface area contributed by atoms with Crippen molar-refractivity contribution in [1.82, 2.24) is 14.8 Å². The Balaban J connectivity index is 1.28. The van der Waals surface area contributed by atoms with Crippen molar-refractivity contribution in [3.63, 3.8) is 0 Å². The van der Waals surface area contributed by atoms with Crippen LogP contribution in [0.2, 0.25) is 0 Å². The predicted octanol–water partition coefficient (Wildman–Crippen LogP) is 4.18. The van der Waals surface area contributed by atoms with E-state index in [1.54, 1.807) is 0 Å². The van der Waals surface area contributed by atoms with Gasteiger partial charge in [0, 0.05) is 55.4 Å². The van der Waals surface area contributed by atoms with E-state index in [0.717, 1.165) is 38.8 Å². The van der Waals surface area contributed by atoms with Crippen molar-refractivity contribution in [2.24, 2.45) is 11.3 Å². The van der Waals surface area contributed by atoms with Gasteiger partial charge in [0.1, 0.15) is 0 Å². The van der Waals surface area contributed by atoms with Crippen molar-refractivity contribution in [2.45, 2.75) is 76.3 Å². The van der Waals surface area contributed by atoms with Gasteiger partial charge in [0.15, 0.2) is 0 Å². The van der Waals surface area contributed by atoms with Gasteiger partial charge < -0.3 is 4.90 Å². The fourth-order valence-electron chi connectivity index (χ4n) is 6.23. The number of nitrogens with zero attached hydrogens (tertiary/aromatic N) is 3. The maximum Gasteiger partial charge on any atom is 0.225 e. The molecule has 1 spiro atoms. The third-order valence-electron chi connectivity index (χ3n) is 7.98. The molecular formula is C23H33N3O. The average molecular weight is 368 g/mol. The zero-order chi connectivity index (χ0) is 18.3. The molecule has 27 heavy (non-hydrogen) atoms. The maximum atomic E-state index is 12.6. The van der Waals surface area contributed by atoms with E-state index < -0.39 is 0 Å². The van der Waals surface area contributed by atoms with Crippen molar-refractivity contribution in [3.8, 4) is 0 Å². The van der Waals surface area contributed by atoms with Gasteiger partial charge in [0.25, 0.3) is 0 Å². The Morgan fingerprint density at radius 1 is 0.963 bits per heavy atom. The van der Waals surface area contributed by atoms with E-state index in [0.29, 0.717) is 29.3 Å². The molecule has 1 aromatic rings. The summed E-state index contributed by atoms with van der Waals surface area (Å²) in [5, 5.41) is 0. The highest BCUT2D eigenvalue weighted by atomic mass is 16.2. The number of aromatic nitrogens is 1. The summed E-state index contributed by atoms with van der Waals surface area (Å²) in [7, 11) is 0. The molecule has 4 aliphatic rings. The highest BCUT2D eigenvalue weighted by Crippen LogP contribution is 2.58. The number of amides is 1. The van der Waals surface area contributed by atoms with Crippen LogP contribution in [0.5, 0.6) is 0 Å². The molecule has 1 atom stereocenters. The second kappa shape index (κ2) is 7.20. The summed E-state index contributed by atoms with van der Waals surface area (Å²) in [6.07, 6.45) is 16.7. The summed E-state index contributed by atoms with van der Waals surface area (Å²) >= 11 is 0. The van der Waals surface area contributed by atoms with Gasteiger partial charge >= 0.3 is 0 Å². The molecule has 0 radical (unpaired) electrons. The first-order valence-corrected chi connectivity index (χ1v) is 11.2. The van der Waals surface area contributed by atoms with E-state index in [1.165, 1.54) is 50.6 Å². The second-order valence-corrected chi connectivity index (χ2v) is 9.46. The van der Waals surface area contributed by atoms with Crippen LogP contribution >= 0.6 is 0 Å². The van der Waals surface area contributed by atoms with Crippen molar-refractivity contribution in [1.29, 1.82) is 0 Å². The second-order valence-electron chi connectivity index (χ2n) is 9.46. The third-order valence-corrected chi connectivity index (χ3v) is 7.98. The molecule has 1 aromatic heterocycles. The van der Waals surface area contributed by atoms with Crippen LogP contribution in [0.15, 0.2) is 24.5 Å². The molecule has 5 rings (SSSR count). The quantitative estimate of drug-likeness (QED) is 0.804. The minimum atomic E-state index is 0.348. The molecule has 1 unspecified atom stereocenters. The number of piperidine rings is 1. The number of carbonyl (C=O) groups is 1. The molecule has 4 fully saturated rings. The zero-order valence-electron chi connectivity index (χ0n) is 16.5. The van der Waals surface area contributed by atoms with E-state index in [2.05, 4.69) is 26.9 Å². The van der Waals surface area contributed by atoms with Crippen molar-refractivity contribution in [2.75, 3.05) is 19.6 Å². The van der Waals surface area contributed by atoms with E-state index in [1.807, 2.05) is 12.4 Å². The van der Waals surface area contributed by atoms with Crippen molar-refractivity contribution in [3.05, 3.63) is 30.1 Å². The Kier molecular flexibility index (Phi) is 4.71. The number of likely N-dealkylation sites (tertiary alicyclic amines) is 2. The Hall–Kier alpha value is -1.42. The fourth-order valence-corrected chi connectivity index (χ4v) is 6.23. The SMILES string of the molecule is O=C(C1CCC1)N1CCC(N2CC3(CCCCC3)C2c2ccncc2)CC1. The van der Waals surface area contributed by atoms with E-state index >= 15 is 0 Å². The Bertz CT molecular complexity index is 657. The molecule has 3 heterocycles. The number of carbonyl (C=O) groups excluding carboxylic acids is 1. The van der Waals surface area contributed by atoms with Crippen LogP contribution in [0.4, 0.5) is 0 Å². The largest absolute Gasteiger partial charge is 0.342 e. The summed E-state index contributed by atoms with van der Waals surface area (Å²) in [6.45, 7) is 3.19. The van der Waals surface area contributed by atoms with E-state index in [4.69, 9.17) is 0 Å². The van der Waals surface area contributed by atoms with Gasteiger partial charge in [0.2, 0.25) is 5.91 Å². The summed E-state index contributed by atoms with van der Waals surface area (Å²) in [5.74, 6) is 0.790. The van der Waals surface area contributed by atoms with Crippen molar-refractivity contribution >= 4 is 5.91 Å². The van der Waals surface area contributed by atoms with Crippen LogP contribution in [0.3, 0.4) is 0 Å². The Morgan fingerprint density at radius 3 is 2.30 bits per heavy atom. The van der Waals surface area contributed by atoms with Crippen LogP contribution in [0.25, 0.3) is 0 Å². The average Bonchev–Trinajstić information content (AvgIpc) is 2.67. The summed E-state index contributed by atoms with van der Waals surface area (Å²) in [6, 6.07) is 5.69. The molecule has 0 aromatic carbocycles. The van der Waals surface area contributed by atoms with Crippen LogP contribution in [-0.4, -0.2) is 46.4 Å². The highest BCUT2D eigenvalue weighted by Gasteiger charge is 2.55. The van der Waals surface area contributed by atoms with Crippen LogP contribution < -0.4 is 0 Å².